The van der Waals surface area contributed by atoms with Gasteiger partial charge in [0.2, 0.25) is 0 Å². The Labute approximate surface area is 127 Å². The minimum Gasteiger partial charge on any atom is -0.397 e. The molecular formula is C15H19N3O2S. The molecule has 21 heavy (non-hydrogen) atoms. The average Bonchev–Trinajstić information content (AvgIpc) is 2.85. The number of amides is 1. The summed E-state index contributed by atoms with van der Waals surface area (Å²) in [6.07, 6.45) is 2.76. The summed E-state index contributed by atoms with van der Waals surface area (Å²) in [5.74, 6) is 0.463. The van der Waals surface area contributed by atoms with Gasteiger partial charge in [-0.25, -0.2) is 4.98 Å². The highest BCUT2D eigenvalue weighted by molar-refractivity contribution is 7.21. The number of methoxy groups -OCH3 is 1. The summed E-state index contributed by atoms with van der Waals surface area (Å²) in [5, 5.41) is 0.861. The van der Waals surface area contributed by atoms with E-state index in [0.717, 1.165) is 23.2 Å². The van der Waals surface area contributed by atoms with Crippen LogP contribution in [0.3, 0.4) is 0 Å². The van der Waals surface area contributed by atoms with Crippen molar-refractivity contribution in [2.24, 2.45) is 5.92 Å². The predicted molar refractivity (Wildman–Crippen MR) is 84.5 cm³/mol. The van der Waals surface area contributed by atoms with Crippen molar-refractivity contribution in [1.82, 2.24) is 9.88 Å². The number of carbonyl (C=O) groups excluding carboxylic acids is 1. The standard InChI is InChI=1S/C15H19N3O2S/c1-9-5-7-18(8-11(9)20-2)15(19)13-12(16)10-4-3-6-17-14(10)21-13/h3-4,6,9,11H,5,7-8,16H2,1-2H3. The Kier molecular flexibility index (Phi) is 3.82. The Bertz CT molecular complexity index is 670. The van der Waals surface area contributed by atoms with E-state index in [4.69, 9.17) is 10.5 Å². The van der Waals surface area contributed by atoms with Crippen LogP contribution in [0.4, 0.5) is 5.69 Å². The predicted octanol–water partition coefficient (Wildman–Crippen LogP) is 2.38. The lowest BCUT2D eigenvalue weighted by molar-refractivity contribution is -0.00135. The third-order valence-corrected chi connectivity index (χ3v) is 5.30. The van der Waals surface area contributed by atoms with Crippen LogP contribution < -0.4 is 5.73 Å². The number of nitrogen functional groups attached to an aromatic ring is 1. The second-order valence-electron chi connectivity index (χ2n) is 5.49. The molecule has 5 nitrogen and oxygen atoms in total. The second-order valence-corrected chi connectivity index (χ2v) is 6.49. The van der Waals surface area contributed by atoms with Gasteiger partial charge in [-0.1, -0.05) is 6.92 Å². The first-order chi connectivity index (χ1) is 10.1. The minimum absolute atomic E-state index is 0.00977. The Hall–Kier alpha value is -1.66. The van der Waals surface area contributed by atoms with Crippen LogP contribution in [0.5, 0.6) is 0 Å². The Morgan fingerprint density at radius 2 is 2.38 bits per heavy atom. The van der Waals surface area contributed by atoms with Gasteiger partial charge in [0, 0.05) is 31.8 Å². The summed E-state index contributed by atoms with van der Waals surface area (Å²) < 4.78 is 5.47. The van der Waals surface area contributed by atoms with E-state index in [1.165, 1.54) is 11.3 Å². The number of ether oxygens (including phenoxy) is 1. The third kappa shape index (κ3) is 2.49. The first-order valence-electron chi connectivity index (χ1n) is 7.07. The summed E-state index contributed by atoms with van der Waals surface area (Å²) in [6.45, 7) is 3.53. The monoisotopic (exact) mass is 305 g/mol. The van der Waals surface area contributed by atoms with Crippen LogP contribution in [0, 0.1) is 5.92 Å². The maximum Gasteiger partial charge on any atom is 0.266 e. The SMILES string of the molecule is COC1CN(C(=O)c2sc3ncccc3c2N)CCC1C. The lowest BCUT2D eigenvalue weighted by atomic mass is 9.95. The number of nitrogens with two attached hydrogens (primary N) is 1. The third-order valence-electron chi connectivity index (χ3n) is 4.18. The van der Waals surface area contributed by atoms with Crippen LogP contribution in [-0.2, 0) is 4.74 Å². The Morgan fingerprint density at radius 1 is 1.57 bits per heavy atom. The van der Waals surface area contributed by atoms with Crippen LogP contribution >= 0.6 is 11.3 Å². The van der Waals surface area contributed by atoms with E-state index in [2.05, 4.69) is 11.9 Å². The number of aromatic nitrogens is 1. The number of nitrogens with zero attached hydrogens (tertiary/aromatic N) is 2. The number of piperidine rings is 1. The highest BCUT2D eigenvalue weighted by atomic mass is 32.1. The molecule has 0 radical (unpaired) electrons. The van der Waals surface area contributed by atoms with E-state index < -0.39 is 0 Å². The molecule has 2 unspecified atom stereocenters. The van der Waals surface area contributed by atoms with Gasteiger partial charge in [-0.2, -0.15) is 0 Å². The van der Waals surface area contributed by atoms with Crippen molar-refractivity contribution in [2.45, 2.75) is 19.4 Å². The summed E-state index contributed by atoms with van der Waals surface area (Å²) in [5.41, 5.74) is 6.67. The Morgan fingerprint density at radius 3 is 3.10 bits per heavy atom. The topological polar surface area (TPSA) is 68.5 Å². The lowest BCUT2D eigenvalue weighted by Crippen LogP contribution is -2.46. The molecule has 3 rings (SSSR count). The number of likely N-dealkylation sites (tertiary alicyclic amines) is 1. The van der Waals surface area contributed by atoms with Crippen LogP contribution in [0.15, 0.2) is 18.3 Å². The molecule has 3 heterocycles. The van der Waals surface area contributed by atoms with Gasteiger partial charge < -0.3 is 15.4 Å². The van der Waals surface area contributed by atoms with E-state index in [1.807, 2.05) is 17.0 Å². The fourth-order valence-electron chi connectivity index (χ4n) is 2.78. The first-order valence-corrected chi connectivity index (χ1v) is 7.88. The van der Waals surface area contributed by atoms with Crippen molar-refractivity contribution in [3.63, 3.8) is 0 Å². The summed E-state index contributed by atoms with van der Waals surface area (Å²) in [4.78, 5) is 20.3. The average molecular weight is 305 g/mol. The van der Waals surface area contributed by atoms with E-state index in [1.54, 1.807) is 13.3 Å². The minimum atomic E-state index is -0.00977. The zero-order valence-corrected chi connectivity index (χ0v) is 13.0. The van der Waals surface area contributed by atoms with Gasteiger partial charge in [-0.15, -0.1) is 11.3 Å². The lowest BCUT2D eigenvalue weighted by Gasteiger charge is -2.36. The molecule has 2 N–H and O–H groups in total. The number of hydrogen-bond acceptors (Lipinski definition) is 5. The molecule has 1 aliphatic heterocycles. The zero-order chi connectivity index (χ0) is 15.0. The Balaban J connectivity index is 1.88. The number of pyridine rings is 1. The molecule has 1 amide bonds. The molecular weight excluding hydrogens is 286 g/mol. The largest absolute Gasteiger partial charge is 0.397 e. The molecule has 2 aromatic rings. The fraction of sp³-hybridized carbons (Fsp3) is 0.467. The first kappa shape index (κ1) is 14.3. The molecule has 2 atom stereocenters. The van der Waals surface area contributed by atoms with Gasteiger partial charge in [0.05, 0.1) is 11.8 Å². The fourth-order valence-corrected chi connectivity index (χ4v) is 3.81. The number of hydrogen-bond donors (Lipinski definition) is 1. The van der Waals surface area contributed by atoms with Crippen molar-refractivity contribution in [3.05, 3.63) is 23.2 Å². The highest BCUT2D eigenvalue weighted by Gasteiger charge is 2.31. The molecule has 1 fully saturated rings. The van der Waals surface area contributed by atoms with Gasteiger partial charge in [-0.05, 0) is 24.5 Å². The number of thiophene rings is 1. The molecule has 0 bridgehead atoms. The van der Waals surface area contributed by atoms with Crippen LogP contribution in [0.1, 0.15) is 23.0 Å². The van der Waals surface area contributed by atoms with Crippen molar-refractivity contribution in [1.29, 1.82) is 0 Å². The molecule has 1 aliphatic rings. The number of anilines is 1. The summed E-state index contributed by atoms with van der Waals surface area (Å²) >= 11 is 1.37. The van der Waals surface area contributed by atoms with Crippen molar-refractivity contribution in [2.75, 3.05) is 25.9 Å². The van der Waals surface area contributed by atoms with Crippen molar-refractivity contribution >= 4 is 33.1 Å². The number of fused-ring (bicyclic) bond motifs is 1. The van der Waals surface area contributed by atoms with Gasteiger partial charge in [0.15, 0.2) is 0 Å². The molecule has 0 aliphatic carbocycles. The number of carbonyl (C=O) groups is 1. The van der Waals surface area contributed by atoms with Crippen LogP contribution in [-0.4, -0.2) is 42.1 Å². The van der Waals surface area contributed by atoms with Crippen molar-refractivity contribution < 1.29 is 9.53 Å². The molecule has 1 saturated heterocycles. The molecule has 0 aromatic carbocycles. The summed E-state index contributed by atoms with van der Waals surface area (Å²) in [6, 6.07) is 3.74. The quantitative estimate of drug-likeness (QED) is 0.925. The van der Waals surface area contributed by atoms with Gasteiger partial charge in [0.25, 0.3) is 5.91 Å². The van der Waals surface area contributed by atoms with Crippen LogP contribution in [0.25, 0.3) is 10.2 Å². The molecule has 0 saturated carbocycles. The van der Waals surface area contributed by atoms with E-state index in [-0.39, 0.29) is 12.0 Å². The molecule has 0 spiro atoms. The maximum absolute atomic E-state index is 12.7. The smallest absolute Gasteiger partial charge is 0.266 e. The van der Waals surface area contributed by atoms with E-state index in [0.29, 0.717) is 23.0 Å². The highest BCUT2D eigenvalue weighted by Crippen LogP contribution is 2.33. The molecule has 6 heteroatoms. The van der Waals surface area contributed by atoms with Crippen molar-refractivity contribution in [3.8, 4) is 0 Å². The van der Waals surface area contributed by atoms with Gasteiger partial charge >= 0.3 is 0 Å². The van der Waals surface area contributed by atoms with E-state index in [9.17, 15) is 4.79 Å². The zero-order valence-electron chi connectivity index (χ0n) is 12.2. The van der Waals surface area contributed by atoms with Gasteiger partial charge in [0.1, 0.15) is 9.71 Å². The van der Waals surface area contributed by atoms with E-state index >= 15 is 0 Å². The summed E-state index contributed by atoms with van der Waals surface area (Å²) in [7, 11) is 1.70. The van der Waals surface area contributed by atoms with Gasteiger partial charge in [-0.3, -0.25) is 4.79 Å². The number of rotatable bonds is 2. The van der Waals surface area contributed by atoms with Crippen LogP contribution in [0.2, 0.25) is 0 Å². The molecule has 112 valence electrons. The second kappa shape index (κ2) is 5.61. The molecule has 2 aromatic heterocycles. The normalized spacial score (nSPS) is 22.7. The maximum atomic E-state index is 12.7.